The summed E-state index contributed by atoms with van der Waals surface area (Å²) in [6.07, 6.45) is 1.01. The molecule has 0 aliphatic heterocycles. The molecule has 0 saturated carbocycles. The fourth-order valence-electron chi connectivity index (χ4n) is 2.83. The lowest BCUT2D eigenvalue weighted by Crippen LogP contribution is -1.96. The van der Waals surface area contributed by atoms with Gasteiger partial charge in [0.05, 0.1) is 26.9 Å². The Bertz CT molecular complexity index is 840. The topological polar surface area (TPSA) is 27.7 Å². The van der Waals surface area contributed by atoms with Crippen molar-refractivity contribution in [2.45, 2.75) is 26.6 Å². The monoisotopic (exact) mass is 362 g/mol. The molecule has 27 heavy (non-hydrogen) atoms. The van der Waals surface area contributed by atoms with Crippen LogP contribution >= 0.6 is 0 Å². The van der Waals surface area contributed by atoms with E-state index in [1.807, 2.05) is 36.4 Å². The van der Waals surface area contributed by atoms with Crippen LogP contribution in [0.5, 0.6) is 11.5 Å². The van der Waals surface area contributed by atoms with Gasteiger partial charge < -0.3 is 14.2 Å². The number of ether oxygens (including phenoxy) is 3. The molecule has 3 heteroatoms. The van der Waals surface area contributed by atoms with Gasteiger partial charge in [0.25, 0.3) is 0 Å². The first-order valence-corrected chi connectivity index (χ1v) is 9.31. The van der Waals surface area contributed by atoms with Crippen molar-refractivity contribution in [3.05, 3.63) is 83.9 Å². The molecular weight excluding hydrogens is 336 g/mol. The van der Waals surface area contributed by atoms with Crippen molar-refractivity contribution in [1.82, 2.24) is 0 Å². The van der Waals surface area contributed by atoms with Gasteiger partial charge in [-0.1, -0.05) is 49.4 Å². The Hall–Kier alpha value is -2.78. The van der Waals surface area contributed by atoms with Crippen molar-refractivity contribution < 1.29 is 14.2 Å². The van der Waals surface area contributed by atoms with Crippen LogP contribution in [0.15, 0.2) is 72.8 Å². The zero-order valence-corrected chi connectivity index (χ0v) is 16.0. The molecule has 0 N–H and O–H groups in total. The molecule has 0 fully saturated rings. The highest BCUT2D eigenvalue weighted by molar-refractivity contribution is 5.65. The van der Waals surface area contributed by atoms with Crippen molar-refractivity contribution in [3.63, 3.8) is 0 Å². The van der Waals surface area contributed by atoms with Gasteiger partial charge in [0.1, 0.15) is 11.5 Å². The van der Waals surface area contributed by atoms with Gasteiger partial charge in [-0.25, -0.2) is 0 Å². The number of rotatable bonds is 9. The standard InChI is InChI=1S/C24H26O3/c1-3-14-27-24-9-5-8-22(16-24)21-7-4-6-20(15-21)18-26-17-19-10-12-23(25-2)13-11-19/h4-13,15-16H,3,14,17-18H2,1-2H3. The summed E-state index contributed by atoms with van der Waals surface area (Å²) < 4.78 is 16.8. The van der Waals surface area contributed by atoms with Gasteiger partial charge >= 0.3 is 0 Å². The minimum atomic E-state index is 0.575. The van der Waals surface area contributed by atoms with E-state index >= 15 is 0 Å². The van der Waals surface area contributed by atoms with E-state index < -0.39 is 0 Å². The van der Waals surface area contributed by atoms with Crippen molar-refractivity contribution in [2.75, 3.05) is 13.7 Å². The van der Waals surface area contributed by atoms with Crippen LogP contribution in [0, 0.1) is 0 Å². The second kappa shape index (κ2) is 9.79. The van der Waals surface area contributed by atoms with Gasteiger partial charge in [-0.2, -0.15) is 0 Å². The van der Waals surface area contributed by atoms with Gasteiger partial charge in [0, 0.05) is 0 Å². The maximum Gasteiger partial charge on any atom is 0.119 e. The maximum absolute atomic E-state index is 5.88. The third-order valence-corrected chi connectivity index (χ3v) is 4.26. The zero-order chi connectivity index (χ0) is 18.9. The van der Waals surface area contributed by atoms with E-state index in [0.29, 0.717) is 13.2 Å². The Kier molecular flexibility index (Phi) is 6.89. The highest BCUT2D eigenvalue weighted by Crippen LogP contribution is 2.25. The van der Waals surface area contributed by atoms with E-state index in [0.717, 1.165) is 41.2 Å². The molecule has 0 aromatic heterocycles. The molecule has 3 rings (SSSR count). The minimum Gasteiger partial charge on any atom is -0.497 e. The van der Waals surface area contributed by atoms with Crippen LogP contribution in [0.3, 0.4) is 0 Å². The van der Waals surface area contributed by atoms with Gasteiger partial charge in [0.15, 0.2) is 0 Å². The average molecular weight is 362 g/mol. The summed E-state index contributed by atoms with van der Waals surface area (Å²) in [7, 11) is 1.67. The van der Waals surface area contributed by atoms with E-state index in [2.05, 4.69) is 43.3 Å². The highest BCUT2D eigenvalue weighted by atomic mass is 16.5. The van der Waals surface area contributed by atoms with E-state index in [-0.39, 0.29) is 0 Å². The van der Waals surface area contributed by atoms with Crippen molar-refractivity contribution >= 4 is 0 Å². The van der Waals surface area contributed by atoms with Crippen LogP contribution in [-0.2, 0) is 18.0 Å². The first-order chi connectivity index (χ1) is 13.3. The first kappa shape index (κ1) is 19.0. The average Bonchev–Trinajstić information content (AvgIpc) is 2.73. The van der Waals surface area contributed by atoms with Crippen LogP contribution in [-0.4, -0.2) is 13.7 Å². The van der Waals surface area contributed by atoms with Gasteiger partial charge in [-0.3, -0.25) is 0 Å². The Morgan fingerprint density at radius 1 is 0.704 bits per heavy atom. The summed E-state index contributed by atoms with van der Waals surface area (Å²) in [5, 5.41) is 0. The molecule has 3 aromatic rings. The van der Waals surface area contributed by atoms with E-state index in [1.165, 1.54) is 5.56 Å². The molecular formula is C24H26O3. The molecule has 0 atom stereocenters. The molecule has 3 aromatic carbocycles. The molecule has 0 radical (unpaired) electrons. The minimum absolute atomic E-state index is 0.575. The van der Waals surface area contributed by atoms with E-state index in [1.54, 1.807) is 7.11 Å². The molecule has 3 nitrogen and oxygen atoms in total. The van der Waals surface area contributed by atoms with E-state index in [4.69, 9.17) is 14.2 Å². The number of hydrogen-bond acceptors (Lipinski definition) is 3. The second-order valence-corrected chi connectivity index (χ2v) is 6.42. The molecule has 0 amide bonds. The quantitative estimate of drug-likeness (QED) is 0.476. The third-order valence-electron chi connectivity index (χ3n) is 4.26. The highest BCUT2D eigenvalue weighted by Gasteiger charge is 2.03. The van der Waals surface area contributed by atoms with Gasteiger partial charge in [0.2, 0.25) is 0 Å². The molecule has 0 aliphatic carbocycles. The van der Waals surface area contributed by atoms with Crippen LogP contribution < -0.4 is 9.47 Å². The Labute approximate surface area is 161 Å². The first-order valence-electron chi connectivity index (χ1n) is 9.31. The predicted octanol–water partition coefficient (Wildman–Crippen LogP) is 5.87. The summed E-state index contributed by atoms with van der Waals surface area (Å²) >= 11 is 0. The molecule has 0 aliphatic rings. The fraction of sp³-hybridized carbons (Fsp3) is 0.250. The molecule has 0 bridgehead atoms. The van der Waals surface area contributed by atoms with E-state index in [9.17, 15) is 0 Å². The molecule has 0 saturated heterocycles. The van der Waals surface area contributed by atoms with Gasteiger partial charge in [-0.15, -0.1) is 0 Å². The van der Waals surface area contributed by atoms with Crippen LogP contribution in [0.4, 0.5) is 0 Å². The molecule has 0 heterocycles. The summed E-state index contributed by atoms with van der Waals surface area (Å²) in [5.41, 5.74) is 4.61. The normalized spacial score (nSPS) is 10.6. The van der Waals surface area contributed by atoms with Crippen molar-refractivity contribution in [2.24, 2.45) is 0 Å². The molecule has 0 spiro atoms. The molecule has 0 unspecified atom stereocenters. The summed E-state index contributed by atoms with van der Waals surface area (Å²) in [4.78, 5) is 0. The lowest BCUT2D eigenvalue weighted by Gasteiger charge is -2.09. The summed E-state index contributed by atoms with van der Waals surface area (Å²) in [6, 6.07) is 24.6. The second-order valence-electron chi connectivity index (χ2n) is 6.42. The summed E-state index contributed by atoms with van der Waals surface area (Å²) in [5.74, 6) is 1.77. The van der Waals surface area contributed by atoms with Crippen molar-refractivity contribution in [3.8, 4) is 22.6 Å². The Morgan fingerprint density at radius 3 is 2.15 bits per heavy atom. The molecule has 140 valence electrons. The number of methoxy groups -OCH3 is 1. The van der Waals surface area contributed by atoms with Crippen LogP contribution in [0.2, 0.25) is 0 Å². The third kappa shape index (κ3) is 5.60. The smallest absolute Gasteiger partial charge is 0.119 e. The zero-order valence-electron chi connectivity index (χ0n) is 16.0. The van der Waals surface area contributed by atoms with Crippen LogP contribution in [0.1, 0.15) is 24.5 Å². The van der Waals surface area contributed by atoms with Crippen molar-refractivity contribution in [1.29, 1.82) is 0 Å². The number of benzene rings is 3. The lowest BCUT2D eigenvalue weighted by molar-refractivity contribution is 0.107. The Balaban J connectivity index is 1.61. The maximum atomic E-state index is 5.88. The largest absolute Gasteiger partial charge is 0.497 e. The summed E-state index contributed by atoms with van der Waals surface area (Å²) in [6.45, 7) is 4.00. The Morgan fingerprint density at radius 2 is 1.41 bits per heavy atom. The van der Waals surface area contributed by atoms with Crippen LogP contribution in [0.25, 0.3) is 11.1 Å². The lowest BCUT2D eigenvalue weighted by atomic mass is 10.0. The van der Waals surface area contributed by atoms with Gasteiger partial charge in [-0.05, 0) is 59.0 Å². The number of hydrogen-bond donors (Lipinski definition) is 0. The SMILES string of the molecule is CCCOc1cccc(-c2cccc(COCc3ccc(OC)cc3)c2)c1. The fourth-order valence-corrected chi connectivity index (χ4v) is 2.83. The predicted molar refractivity (Wildman–Crippen MR) is 109 cm³/mol.